The lowest BCUT2D eigenvalue weighted by Gasteiger charge is -2.53. The van der Waals surface area contributed by atoms with Gasteiger partial charge in [0.2, 0.25) is 0 Å². The molecule has 0 bridgehead atoms. The van der Waals surface area contributed by atoms with E-state index in [9.17, 15) is 0 Å². The van der Waals surface area contributed by atoms with Gasteiger partial charge in [0.15, 0.2) is 0 Å². The van der Waals surface area contributed by atoms with E-state index in [1.54, 1.807) is 0 Å². The van der Waals surface area contributed by atoms with Gasteiger partial charge in [0, 0.05) is 0 Å². The number of hydrogen-bond donors (Lipinski definition) is 0. The summed E-state index contributed by atoms with van der Waals surface area (Å²) in [6.45, 7) is 45.2. The van der Waals surface area contributed by atoms with Crippen LogP contribution >= 0.6 is 0 Å². The Morgan fingerprint density at radius 3 is 1.35 bits per heavy atom. The van der Waals surface area contributed by atoms with E-state index in [0.717, 1.165) is 12.8 Å². The number of rotatable bonds is 8. The lowest BCUT2D eigenvalue weighted by molar-refractivity contribution is 0.0283. The fourth-order valence-corrected chi connectivity index (χ4v) is 5.13. The van der Waals surface area contributed by atoms with E-state index in [-0.39, 0.29) is 37.9 Å². The maximum atomic E-state index is 4.37. The van der Waals surface area contributed by atoms with Crippen molar-refractivity contribution in [3.05, 3.63) is 47.0 Å². The minimum Gasteiger partial charge on any atom is -0.0996 e. The van der Waals surface area contributed by atoms with E-state index in [4.69, 9.17) is 0 Å². The van der Waals surface area contributed by atoms with Crippen molar-refractivity contribution < 1.29 is 0 Å². The average Bonchev–Trinajstić information content (AvgIpc) is 2.65. The van der Waals surface area contributed by atoms with Crippen molar-refractivity contribution in [2.24, 2.45) is 21.7 Å². The zero-order chi connectivity index (χ0) is 27.3. The highest BCUT2D eigenvalue weighted by Crippen LogP contribution is 2.57. The molecule has 0 saturated heterocycles. The summed E-state index contributed by atoms with van der Waals surface area (Å²) >= 11 is 0. The zero-order valence-electron chi connectivity index (χ0n) is 26.4. The second-order valence-electron chi connectivity index (χ2n) is 15.9. The Hall–Kier alpha value is -1.04. The molecular formula is C34H60. The van der Waals surface area contributed by atoms with E-state index in [1.165, 1.54) is 22.3 Å². The minimum absolute atomic E-state index is 0.0220. The summed E-state index contributed by atoms with van der Waals surface area (Å²) in [7, 11) is 0. The Morgan fingerprint density at radius 1 is 0.647 bits per heavy atom. The molecule has 0 nitrogen and oxygen atoms in total. The molecule has 0 aliphatic carbocycles. The summed E-state index contributed by atoms with van der Waals surface area (Å²) in [6, 6.07) is 7.56. The minimum atomic E-state index is 0.0220. The zero-order valence-corrected chi connectivity index (χ0v) is 26.4. The maximum absolute atomic E-state index is 4.37. The van der Waals surface area contributed by atoms with Crippen molar-refractivity contribution in [1.29, 1.82) is 0 Å². The summed E-state index contributed by atoms with van der Waals surface area (Å²) in [4.78, 5) is 0. The van der Waals surface area contributed by atoms with Gasteiger partial charge in [-0.3, -0.25) is 0 Å². The van der Waals surface area contributed by atoms with Gasteiger partial charge in [-0.25, -0.2) is 0 Å². The fourth-order valence-electron chi connectivity index (χ4n) is 5.13. The van der Waals surface area contributed by atoms with Crippen LogP contribution in [0.4, 0.5) is 0 Å². The van der Waals surface area contributed by atoms with Crippen molar-refractivity contribution in [1.82, 2.24) is 0 Å². The molecule has 0 aliphatic rings. The molecule has 0 radical (unpaired) electrons. The smallest absolute Gasteiger partial charge is 0.00495 e. The molecule has 0 spiro atoms. The summed E-state index contributed by atoms with van der Waals surface area (Å²) in [5.41, 5.74) is 6.41. The van der Waals surface area contributed by atoms with E-state index in [2.05, 4.69) is 142 Å². The molecule has 1 aromatic rings. The molecule has 0 aromatic heterocycles. The van der Waals surface area contributed by atoms with E-state index >= 15 is 0 Å². The maximum Gasteiger partial charge on any atom is -0.00495 e. The van der Waals surface area contributed by atoms with Crippen LogP contribution < -0.4 is 0 Å². The van der Waals surface area contributed by atoms with Crippen LogP contribution in [-0.2, 0) is 16.2 Å². The second kappa shape index (κ2) is 9.12. The van der Waals surface area contributed by atoms with Gasteiger partial charge in [-0.05, 0) is 74.4 Å². The molecular weight excluding hydrogens is 408 g/mol. The SMILES string of the molecule is C=C(C)C(C)(C)C(C)(C)CC(C)(CC)C(C)(C)c1cc(C(C)(C)C)cc(C(C)(C)C(C)(C)C)c1. The van der Waals surface area contributed by atoms with Gasteiger partial charge in [-0.15, -0.1) is 0 Å². The number of benzene rings is 1. The lowest BCUT2D eigenvalue weighted by Crippen LogP contribution is -2.46. The Morgan fingerprint density at radius 2 is 1.03 bits per heavy atom. The second-order valence-corrected chi connectivity index (χ2v) is 15.9. The lowest BCUT2D eigenvalue weighted by atomic mass is 9.51. The van der Waals surface area contributed by atoms with Gasteiger partial charge in [-0.1, -0.05) is 141 Å². The average molecular weight is 469 g/mol. The normalized spacial score (nSPS) is 16.4. The number of hydrogen-bond acceptors (Lipinski definition) is 0. The summed E-state index contributed by atoms with van der Waals surface area (Å²) in [5, 5.41) is 0. The van der Waals surface area contributed by atoms with Crippen molar-refractivity contribution in [3.8, 4) is 0 Å². The molecule has 0 N–H and O–H groups in total. The molecule has 196 valence electrons. The third-order valence-electron chi connectivity index (χ3n) is 11.0. The highest BCUT2D eigenvalue weighted by molar-refractivity contribution is 5.42. The van der Waals surface area contributed by atoms with Crippen molar-refractivity contribution in [3.63, 3.8) is 0 Å². The first-order valence-corrected chi connectivity index (χ1v) is 13.6. The van der Waals surface area contributed by atoms with Crippen LogP contribution in [0.25, 0.3) is 0 Å². The quantitative estimate of drug-likeness (QED) is 0.333. The van der Waals surface area contributed by atoms with E-state index in [0.29, 0.717) is 0 Å². The fraction of sp³-hybridized carbons (Fsp3) is 0.765. The van der Waals surface area contributed by atoms with Crippen LogP contribution in [0.1, 0.15) is 147 Å². The molecule has 0 saturated carbocycles. The topological polar surface area (TPSA) is 0 Å². The predicted molar refractivity (Wildman–Crippen MR) is 156 cm³/mol. The highest BCUT2D eigenvalue weighted by Gasteiger charge is 2.49. The summed E-state index contributed by atoms with van der Waals surface area (Å²) in [5.74, 6) is 0. The molecule has 1 atom stereocenters. The highest BCUT2D eigenvalue weighted by atomic mass is 14.5. The molecule has 1 rings (SSSR count). The molecule has 34 heavy (non-hydrogen) atoms. The Kier molecular flexibility index (Phi) is 8.31. The van der Waals surface area contributed by atoms with Gasteiger partial charge in [0.05, 0.1) is 0 Å². The van der Waals surface area contributed by atoms with Crippen LogP contribution in [0.15, 0.2) is 30.4 Å². The van der Waals surface area contributed by atoms with E-state index in [1.807, 2.05) is 0 Å². The largest absolute Gasteiger partial charge is 0.0996 e. The van der Waals surface area contributed by atoms with E-state index < -0.39 is 0 Å². The Bertz CT molecular complexity index is 874. The van der Waals surface area contributed by atoms with Gasteiger partial charge in [0.1, 0.15) is 0 Å². The Labute approximate surface area is 215 Å². The van der Waals surface area contributed by atoms with Crippen LogP contribution in [0.3, 0.4) is 0 Å². The molecule has 0 aliphatic heterocycles. The van der Waals surface area contributed by atoms with Crippen molar-refractivity contribution in [2.45, 2.75) is 147 Å². The molecule has 1 unspecified atom stereocenters. The third kappa shape index (κ3) is 5.52. The predicted octanol–water partition coefficient (Wildman–Crippen LogP) is 11.0. The molecule has 0 amide bonds. The van der Waals surface area contributed by atoms with Crippen LogP contribution in [-0.4, -0.2) is 0 Å². The molecule has 0 fully saturated rings. The summed E-state index contributed by atoms with van der Waals surface area (Å²) < 4.78 is 0. The molecule has 1 aromatic carbocycles. The van der Waals surface area contributed by atoms with Gasteiger partial charge in [-0.2, -0.15) is 0 Å². The van der Waals surface area contributed by atoms with Crippen LogP contribution in [0.5, 0.6) is 0 Å². The van der Waals surface area contributed by atoms with Gasteiger partial charge >= 0.3 is 0 Å². The van der Waals surface area contributed by atoms with Crippen molar-refractivity contribution >= 4 is 0 Å². The van der Waals surface area contributed by atoms with Crippen molar-refractivity contribution in [2.75, 3.05) is 0 Å². The summed E-state index contributed by atoms with van der Waals surface area (Å²) in [6.07, 6.45) is 2.30. The number of allylic oxidation sites excluding steroid dienone is 1. The van der Waals surface area contributed by atoms with Crippen LogP contribution in [0, 0.1) is 21.7 Å². The first-order chi connectivity index (χ1) is 14.8. The first kappa shape index (κ1) is 31.0. The first-order valence-electron chi connectivity index (χ1n) is 13.6. The van der Waals surface area contributed by atoms with Gasteiger partial charge in [0.25, 0.3) is 0 Å². The molecule has 0 heteroatoms. The molecule has 0 heterocycles. The van der Waals surface area contributed by atoms with Crippen LogP contribution in [0.2, 0.25) is 0 Å². The standard InChI is InChI=1S/C34H60/c1-19-34(18,23-30(10,11)31(12,13)24(2)3)33(16,17)27-21-25(28(4,5)6)20-26(22-27)32(14,15)29(7,8)9/h20-22H,2,19,23H2,1,3-18H3. The Balaban J connectivity index is 3.84. The third-order valence-corrected chi connectivity index (χ3v) is 11.0. The monoisotopic (exact) mass is 468 g/mol. The van der Waals surface area contributed by atoms with Gasteiger partial charge < -0.3 is 0 Å².